The van der Waals surface area contributed by atoms with E-state index in [4.69, 9.17) is 19.5 Å². The monoisotopic (exact) mass is 651 g/mol. The van der Waals surface area contributed by atoms with Gasteiger partial charge in [-0.1, -0.05) is 62.4 Å². The van der Waals surface area contributed by atoms with Crippen LogP contribution >= 0.6 is 0 Å². The summed E-state index contributed by atoms with van der Waals surface area (Å²) in [5.74, 6) is 1.18. The molecule has 3 aromatic carbocycles. The molecule has 4 N–H and O–H groups in total. The Hall–Kier alpha value is -4.84. The number of amidine groups is 1. The number of fused-ring (bicyclic) bond motifs is 1. The third-order valence-electron chi connectivity index (χ3n) is 7.21. The van der Waals surface area contributed by atoms with Crippen LogP contribution in [-0.4, -0.2) is 73.6 Å². The molecule has 14 heteroatoms. The number of hydrogen-bond acceptors (Lipinski definition) is 9. The van der Waals surface area contributed by atoms with E-state index < -0.39 is 40.2 Å². The summed E-state index contributed by atoms with van der Waals surface area (Å²) in [6.45, 7) is 3.39. The van der Waals surface area contributed by atoms with Crippen LogP contribution in [0.5, 0.6) is 17.2 Å². The summed E-state index contributed by atoms with van der Waals surface area (Å²) in [7, 11) is -4.23. The van der Waals surface area contributed by atoms with Crippen molar-refractivity contribution in [3.8, 4) is 23.4 Å². The lowest BCUT2D eigenvalue weighted by Crippen LogP contribution is -2.51. The number of aliphatic imine (C=N–C) groups is 1. The van der Waals surface area contributed by atoms with Crippen molar-refractivity contribution in [1.82, 2.24) is 14.9 Å². The smallest absolute Gasteiger partial charge is 0.404 e. The van der Waals surface area contributed by atoms with Crippen LogP contribution in [0.3, 0.4) is 0 Å². The highest BCUT2D eigenvalue weighted by atomic mass is 32.2. The molecule has 0 bridgehead atoms. The Bertz CT molecular complexity index is 1650. The Balaban J connectivity index is 1.57. The quantitative estimate of drug-likeness (QED) is 0.0870. The second-order valence-electron chi connectivity index (χ2n) is 11.4. The van der Waals surface area contributed by atoms with Gasteiger partial charge in [-0.3, -0.25) is 0 Å². The molecule has 0 unspecified atom stereocenters. The minimum absolute atomic E-state index is 0.00624. The number of benzene rings is 3. The van der Waals surface area contributed by atoms with Crippen molar-refractivity contribution in [2.45, 2.75) is 43.7 Å². The molecule has 0 aromatic heterocycles. The first-order valence-corrected chi connectivity index (χ1v) is 15.9. The summed E-state index contributed by atoms with van der Waals surface area (Å²) in [4.78, 5) is 16.0. The average Bonchev–Trinajstić information content (AvgIpc) is 3.49. The maximum Gasteiger partial charge on any atom is 0.404 e. The van der Waals surface area contributed by atoms with Crippen LogP contribution in [0.25, 0.3) is 0 Å². The molecule has 2 atom stereocenters. The molecular weight excluding hydrogens is 614 g/mol. The van der Waals surface area contributed by atoms with Gasteiger partial charge >= 0.3 is 12.1 Å². The summed E-state index contributed by atoms with van der Waals surface area (Å²) in [6, 6.07) is 21.1. The number of nitrogens with one attached hydrogen (secondary N) is 2. The predicted molar refractivity (Wildman–Crippen MR) is 169 cm³/mol. The summed E-state index contributed by atoms with van der Waals surface area (Å²) in [5, 5.41) is 34.8. The summed E-state index contributed by atoms with van der Waals surface area (Å²) in [5.41, 5.74) is 0.0647. The summed E-state index contributed by atoms with van der Waals surface area (Å²) >= 11 is 0. The van der Waals surface area contributed by atoms with Gasteiger partial charge < -0.3 is 29.7 Å². The molecular formula is C32H37N5O8S. The van der Waals surface area contributed by atoms with E-state index >= 15 is 0 Å². The third kappa shape index (κ3) is 9.58. The number of carbonyl (C=O) groups is 1. The molecule has 0 spiro atoms. The fraction of sp³-hybridized carbons (Fsp3) is 0.344. The molecule has 1 aliphatic heterocycles. The number of ether oxygens (including phenoxy) is 3. The van der Waals surface area contributed by atoms with Gasteiger partial charge in [-0.25, -0.2) is 23.5 Å². The highest BCUT2D eigenvalue weighted by molar-refractivity contribution is 7.89. The topological polar surface area (TPSA) is 183 Å². The lowest BCUT2D eigenvalue weighted by molar-refractivity contribution is 0.0909. The van der Waals surface area contributed by atoms with Gasteiger partial charge in [-0.05, 0) is 48.1 Å². The zero-order valence-electron chi connectivity index (χ0n) is 25.5. The zero-order valence-corrected chi connectivity index (χ0v) is 26.3. The lowest BCUT2D eigenvalue weighted by atomic mass is 9.89. The van der Waals surface area contributed by atoms with Crippen molar-refractivity contribution in [1.29, 1.82) is 5.26 Å². The fourth-order valence-corrected chi connectivity index (χ4v) is 6.50. The molecule has 4 rings (SSSR count). The first-order valence-electron chi connectivity index (χ1n) is 14.5. The van der Waals surface area contributed by atoms with Crippen LogP contribution < -0.4 is 24.8 Å². The van der Waals surface area contributed by atoms with Crippen molar-refractivity contribution in [3.05, 3.63) is 84.4 Å². The summed E-state index contributed by atoms with van der Waals surface area (Å²) < 4.78 is 45.8. The predicted octanol–water partition coefficient (Wildman–Crippen LogP) is 3.57. The van der Waals surface area contributed by atoms with Crippen LogP contribution in [0.1, 0.15) is 25.8 Å². The first kappa shape index (κ1) is 34.0. The SMILES string of the molecule is CC(C)(CCN=C(NC#N)Oc1ccccc1)CN(C[C@H](O)[C@H](Cc1ccccc1)NC(=O)O)S(=O)(=O)c1ccc2c(c1)OCO2. The molecule has 13 nitrogen and oxygen atoms in total. The molecule has 46 heavy (non-hydrogen) atoms. The van der Waals surface area contributed by atoms with Crippen molar-refractivity contribution >= 4 is 22.1 Å². The number of carboxylic acid groups (broad SMARTS) is 1. The molecule has 0 saturated carbocycles. The molecule has 1 amide bonds. The number of rotatable bonds is 14. The Morgan fingerprint density at radius 1 is 1.09 bits per heavy atom. The molecule has 0 saturated heterocycles. The molecule has 244 valence electrons. The number of hydrogen-bond donors (Lipinski definition) is 4. The van der Waals surface area contributed by atoms with E-state index in [1.165, 1.54) is 18.2 Å². The number of amides is 1. The largest absolute Gasteiger partial charge is 0.465 e. The third-order valence-corrected chi connectivity index (χ3v) is 9.02. The molecule has 3 aromatic rings. The molecule has 1 heterocycles. The molecule has 1 aliphatic rings. The van der Waals surface area contributed by atoms with Gasteiger partial charge in [0.2, 0.25) is 16.8 Å². The van der Waals surface area contributed by atoms with Crippen LogP contribution in [0.2, 0.25) is 0 Å². The minimum Gasteiger partial charge on any atom is -0.465 e. The van der Waals surface area contributed by atoms with Gasteiger partial charge in [0.15, 0.2) is 17.7 Å². The normalized spacial score (nSPS) is 14.3. The molecule has 0 radical (unpaired) electrons. The number of nitriles is 1. The molecule has 0 fully saturated rings. The van der Waals surface area contributed by atoms with E-state index in [1.54, 1.807) is 54.7 Å². The Labute approximate surface area is 268 Å². The lowest BCUT2D eigenvalue weighted by Gasteiger charge is -2.34. The van der Waals surface area contributed by atoms with Crippen LogP contribution in [-0.2, 0) is 16.4 Å². The highest BCUT2D eigenvalue weighted by Gasteiger charge is 2.35. The van der Waals surface area contributed by atoms with Gasteiger partial charge in [0.05, 0.1) is 17.0 Å². The number of sulfonamides is 1. The maximum atomic E-state index is 14.1. The first-order chi connectivity index (χ1) is 22.0. The van der Waals surface area contributed by atoms with Crippen molar-refractivity contribution < 1.29 is 37.6 Å². The van der Waals surface area contributed by atoms with E-state index in [-0.39, 0.29) is 43.0 Å². The van der Waals surface area contributed by atoms with Gasteiger partial charge in [-0.2, -0.15) is 9.57 Å². The van der Waals surface area contributed by atoms with E-state index in [2.05, 4.69) is 15.6 Å². The van der Waals surface area contributed by atoms with Gasteiger partial charge in [0.1, 0.15) is 5.75 Å². The Kier molecular flexibility index (Phi) is 11.4. The van der Waals surface area contributed by atoms with Crippen LogP contribution in [0.15, 0.2) is 88.8 Å². The second kappa shape index (κ2) is 15.4. The van der Waals surface area contributed by atoms with Crippen molar-refractivity contribution in [2.24, 2.45) is 10.4 Å². The number of aliphatic hydroxyl groups is 1. The second-order valence-corrected chi connectivity index (χ2v) is 13.3. The van der Waals surface area contributed by atoms with Crippen LogP contribution in [0, 0.1) is 16.9 Å². The van der Waals surface area contributed by atoms with Crippen molar-refractivity contribution in [2.75, 3.05) is 26.4 Å². The fourth-order valence-electron chi connectivity index (χ4n) is 4.84. The van der Waals surface area contributed by atoms with Gasteiger partial charge in [-0.15, -0.1) is 0 Å². The van der Waals surface area contributed by atoms with Gasteiger partial charge in [0, 0.05) is 25.7 Å². The number of nitrogens with zero attached hydrogens (tertiary/aromatic N) is 3. The van der Waals surface area contributed by atoms with E-state index in [9.17, 15) is 23.4 Å². The summed E-state index contributed by atoms with van der Waals surface area (Å²) in [6.07, 6.45) is -0.443. The average molecular weight is 652 g/mol. The van der Waals surface area contributed by atoms with Crippen LogP contribution in [0.4, 0.5) is 4.79 Å². The van der Waals surface area contributed by atoms with E-state index in [1.807, 2.05) is 26.0 Å². The highest BCUT2D eigenvalue weighted by Crippen LogP contribution is 2.35. The van der Waals surface area contributed by atoms with E-state index in [0.717, 1.165) is 9.87 Å². The molecule has 0 aliphatic carbocycles. The number of aliphatic hydroxyl groups excluding tert-OH is 1. The van der Waals surface area contributed by atoms with E-state index in [0.29, 0.717) is 17.9 Å². The minimum atomic E-state index is -4.23. The standard InChI is InChI=1S/C32H37N5O8S/c1-32(2,15-16-34-30(35-21-33)45-24-11-7-4-8-12-24)20-37(46(41,42)25-13-14-28-29(18-25)44-22-43-28)19-27(38)26(36-31(39)40)17-23-9-5-3-6-10-23/h3-14,18,26-27,36,38H,15-17,19-20,22H2,1-2H3,(H,34,35)(H,39,40)/t26-,27-/m0/s1. The number of para-hydroxylation sites is 1. The van der Waals surface area contributed by atoms with Gasteiger partial charge in [0.25, 0.3) is 0 Å². The Morgan fingerprint density at radius 3 is 2.43 bits per heavy atom. The Morgan fingerprint density at radius 2 is 1.76 bits per heavy atom. The van der Waals surface area contributed by atoms with Crippen molar-refractivity contribution in [3.63, 3.8) is 0 Å². The zero-order chi connectivity index (χ0) is 33.2. The maximum absolute atomic E-state index is 14.1.